The highest BCUT2D eigenvalue weighted by Gasteiger charge is 2.24. The Hall–Kier alpha value is -3.39. The summed E-state index contributed by atoms with van der Waals surface area (Å²) in [7, 11) is 2.17. The number of rotatable bonds is 4. The van der Waals surface area contributed by atoms with Crippen molar-refractivity contribution in [2.24, 2.45) is 0 Å². The summed E-state index contributed by atoms with van der Waals surface area (Å²) in [6.07, 6.45) is 7.21. The first-order valence-electron chi connectivity index (χ1n) is 13.2. The third-order valence-electron chi connectivity index (χ3n) is 8.11. The molecule has 8 heteroatoms. The van der Waals surface area contributed by atoms with Crippen LogP contribution in [0, 0.1) is 0 Å². The number of hydrogen-bond acceptors (Lipinski definition) is 8. The van der Waals surface area contributed by atoms with Crippen LogP contribution in [0.3, 0.4) is 0 Å². The molecule has 0 saturated carbocycles. The van der Waals surface area contributed by atoms with Gasteiger partial charge in [0.1, 0.15) is 11.6 Å². The van der Waals surface area contributed by atoms with E-state index in [9.17, 15) is 0 Å². The van der Waals surface area contributed by atoms with E-state index in [1.807, 2.05) is 12.4 Å². The van der Waals surface area contributed by atoms with E-state index in [1.165, 1.54) is 35.2 Å². The highest BCUT2D eigenvalue weighted by atomic mass is 15.3. The highest BCUT2D eigenvalue weighted by molar-refractivity contribution is 5.58. The van der Waals surface area contributed by atoms with E-state index in [0.717, 1.165) is 70.4 Å². The fourth-order valence-electron chi connectivity index (χ4n) is 5.84. The third-order valence-corrected chi connectivity index (χ3v) is 8.11. The van der Waals surface area contributed by atoms with Crippen LogP contribution in [0.4, 0.5) is 23.3 Å². The minimum atomic E-state index is 0.359. The summed E-state index contributed by atoms with van der Waals surface area (Å²) in [6.45, 7) is 8.00. The maximum Gasteiger partial charge on any atom is 0.223 e. The zero-order valence-electron chi connectivity index (χ0n) is 21.2. The van der Waals surface area contributed by atoms with E-state index in [4.69, 9.17) is 5.73 Å². The molecule has 0 spiro atoms. The molecule has 188 valence electrons. The molecule has 36 heavy (non-hydrogen) atoms. The third kappa shape index (κ3) is 4.82. The van der Waals surface area contributed by atoms with Gasteiger partial charge in [-0.05, 0) is 73.2 Å². The van der Waals surface area contributed by atoms with Gasteiger partial charge >= 0.3 is 0 Å². The lowest BCUT2D eigenvalue weighted by molar-refractivity contribution is 0.312. The predicted octanol–water partition coefficient (Wildman–Crippen LogP) is 3.15. The van der Waals surface area contributed by atoms with E-state index in [1.54, 1.807) is 0 Å². The molecule has 2 N–H and O–H groups in total. The number of likely N-dealkylation sites (N-methyl/N-ethyl adjacent to an activating group) is 1. The largest absolute Gasteiger partial charge is 0.371 e. The highest BCUT2D eigenvalue weighted by Crippen LogP contribution is 2.33. The quantitative estimate of drug-likeness (QED) is 0.605. The Morgan fingerprint density at radius 1 is 0.750 bits per heavy atom. The molecule has 2 fully saturated rings. The summed E-state index contributed by atoms with van der Waals surface area (Å²) in [5.74, 6) is 2.88. The zero-order valence-corrected chi connectivity index (χ0v) is 21.2. The van der Waals surface area contributed by atoms with Crippen LogP contribution in [0.1, 0.15) is 35.4 Å². The van der Waals surface area contributed by atoms with Gasteiger partial charge in [0.15, 0.2) is 0 Å². The summed E-state index contributed by atoms with van der Waals surface area (Å²) in [6, 6.07) is 13.5. The Labute approximate surface area is 213 Å². The molecule has 0 atom stereocenters. The van der Waals surface area contributed by atoms with Crippen LogP contribution >= 0.6 is 0 Å². The van der Waals surface area contributed by atoms with Gasteiger partial charge in [-0.1, -0.05) is 6.07 Å². The molecule has 2 aromatic heterocycles. The van der Waals surface area contributed by atoms with Crippen molar-refractivity contribution in [1.82, 2.24) is 19.9 Å². The van der Waals surface area contributed by atoms with Gasteiger partial charge in [0.25, 0.3) is 0 Å². The number of aromatic nitrogens is 3. The number of piperidine rings is 1. The molecule has 0 bridgehead atoms. The first kappa shape index (κ1) is 23.0. The number of pyridine rings is 1. The van der Waals surface area contributed by atoms with Gasteiger partial charge in [-0.15, -0.1) is 0 Å². The molecule has 3 aliphatic heterocycles. The van der Waals surface area contributed by atoms with Crippen molar-refractivity contribution >= 4 is 23.3 Å². The van der Waals surface area contributed by atoms with Crippen LogP contribution in [0.2, 0.25) is 0 Å². The fourth-order valence-corrected chi connectivity index (χ4v) is 5.84. The molecule has 0 unspecified atom stereocenters. The van der Waals surface area contributed by atoms with E-state index >= 15 is 0 Å². The monoisotopic (exact) mass is 484 g/mol. The van der Waals surface area contributed by atoms with Crippen molar-refractivity contribution in [3.63, 3.8) is 0 Å². The Bertz CT molecular complexity index is 1180. The Morgan fingerprint density at radius 2 is 1.47 bits per heavy atom. The van der Waals surface area contributed by atoms with Crippen molar-refractivity contribution in [3.8, 4) is 0 Å². The van der Waals surface area contributed by atoms with Crippen LogP contribution < -0.4 is 20.4 Å². The average Bonchev–Trinajstić information content (AvgIpc) is 2.93. The molecule has 5 heterocycles. The molecular formula is C28H36N8. The number of nitrogen functional groups attached to an aromatic ring is 1. The first-order valence-corrected chi connectivity index (χ1v) is 13.2. The molecule has 6 rings (SSSR count). The van der Waals surface area contributed by atoms with Gasteiger partial charge in [-0.2, -0.15) is 9.97 Å². The maximum atomic E-state index is 6.17. The smallest absolute Gasteiger partial charge is 0.223 e. The molecule has 1 aromatic carbocycles. The minimum absolute atomic E-state index is 0.359. The van der Waals surface area contributed by atoms with Crippen molar-refractivity contribution in [2.75, 3.05) is 73.3 Å². The lowest BCUT2D eigenvalue weighted by Crippen LogP contribution is -2.45. The van der Waals surface area contributed by atoms with E-state index in [2.05, 4.69) is 78.0 Å². The second-order valence-electron chi connectivity index (χ2n) is 10.4. The number of benzene rings is 1. The predicted molar refractivity (Wildman–Crippen MR) is 146 cm³/mol. The van der Waals surface area contributed by atoms with Gasteiger partial charge in [-0.25, -0.2) is 0 Å². The van der Waals surface area contributed by atoms with Crippen molar-refractivity contribution in [1.29, 1.82) is 0 Å². The summed E-state index contributed by atoms with van der Waals surface area (Å²) in [5, 5.41) is 0. The number of piperazine rings is 1. The molecule has 0 amide bonds. The topological polar surface area (TPSA) is 77.7 Å². The molecule has 3 aromatic rings. The molecule has 0 radical (unpaired) electrons. The summed E-state index contributed by atoms with van der Waals surface area (Å²) in [5.41, 5.74) is 11.8. The molecule has 0 aliphatic carbocycles. The van der Waals surface area contributed by atoms with E-state index < -0.39 is 0 Å². The lowest BCUT2D eigenvalue weighted by atomic mass is 9.89. The minimum Gasteiger partial charge on any atom is -0.371 e. The number of hydrogen-bond donors (Lipinski definition) is 1. The SMILES string of the molecule is CN1CCN(c2cc(N3CCc4ccc(N5CCC(c6ccncc6)CC5)cc4C3)nc(N)n2)CC1. The summed E-state index contributed by atoms with van der Waals surface area (Å²) >= 11 is 0. The van der Waals surface area contributed by atoms with E-state index in [-0.39, 0.29) is 0 Å². The van der Waals surface area contributed by atoms with Crippen LogP contribution in [-0.2, 0) is 13.0 Å². The van der Waals surface area contributed by atoms with Crippen LogP contribution in [0.15, 0.2) is 48.8 Å². The van der Waals surface area contributed by atoms with Gasteiger partial charge in [0.05, 0.1) is 0 Å². The maximum absolute atomic E-state index is 6.17. The fraction of sp³-hybridized carbons (Fsp3) is 0.464. The number of nitrogens with zero attached hydrogens (tertiary/aromatic N) is 7. The standard InChI is InChI=1S/C28H36N8/c1-33-14-16-35(17-15-33)26-19-27(32-28(29)31-26)36-13-8-21-2-3-25(18-24(21)20-36)34-11-6-23(7-12-34)22-4-9-30-10-5-22/h2-5,9-10,18-19,23H,6-8,11-17,20H2,1H3,(H2,29,31,32). The summed E-state index contributed by atoms with van der Waals surface area (Å²) < 4.78 is 0. The second-order valence-corrected chi connectivity index (χ2v) is 10.4. The average molecular weight is 485 g/mol. The molecular weight excluding hydrogens is 448 g/mol. The molecule has 3 aliphatic rings. The van der Waals surface area contributed by atoms with Gasteiger partial charge in [-0.3, -0.25) is 4.98 Å². The Morgan fingerprint density at radius 3 is 2.22 bits per heavy atom. The lowest BCUT2D eigenvalue weighted by Gasteiger charge is -2.36. The van der Waals surface area contributed by atoms with Crippen LogP contribution in [0.25, 0.3) is 0 Å². The first-order chi connectivity index (χ1) is 17.6. The van der Waals surface area contributed by atoms with Crippen LogP contribution in [-0.4, -0.2) is 72.7 Å². The van der Waals surface area contributed by atoms with Crippen LogP contribution in [0.5, 0.6) is 0 Å². The Kier molecular flexibility index (Phi) is 6.35. The number of nitrogens with two attached hydrogens (primary N) is 1. The van der Waals surface area contributed by atoms with E-state index in [0.29, 0.717) is 11.9 Å². The molecule has 8 nitrogen and oxygen atoms in total. The number of anilines is 4. The van der Waals surface area contributed by atoms with Gasteiger partial charge in [0.2, 0.25) is 5.95 Å². The van der Waals surface area contributed by atoms with Crippen molar-refractivity contribution < 1.29 is 0 Å². The van der Waals surface area contributed by atoms with Gasteiger partial charge < -0.3 is 25.3 Å². The summed E-state index contributed by atoms with van der Waals surface area (Å²) in [4.78, 5) is 23.0. The zero-order chi connectivity index (χ0) is 24.5. The number of fused-ring (bicyclic) bond motifs is 1. The second kappa shape index (κ2) is 9.93. The Balaban J connectivity index is 1.16. The molecule has 2 saturated heterocycles. The van der Waals surface area contributed by atoms with Crippen molar-refractivity contribution in [2.45, 2.75) is 31.7 Å². The van der Waals surface area contributed by atoms with Gasteiger partial charge in [0, 0.05) is 76.5 Å². The van der Waals surface area contributed by atoms with Crippen molar-refractivity contribution in [3.05, 3.63) is 65.5 Å². The normalized spacial score (nSPS) is 19.4.